The van der Waals surface area contributed by atoms with Gasteiger partial charge in [-0.3, -0.25) is 19.5 Å². The molecule has 43 heavy (non-hydrogen) atoms. The summed E-state index contributed by atoms with van der Waals surface area (Å²) in [6, 6.07) is 13.3. The number of aromatic nitrogens is 1. The molecule has 0 bridgehead atoms. The molecule has 4 aromatic rings. The van der Waals surface area contributed by atoms with Gasteiger partial charge < -0.3 is 13.9 Å². The predicted molar refractivity (Wildman–Crippen MR) is 163 cm³/mol. The van der Waals surface area contributed by atoms with E-state index in [1.807, 2.05) is 51.1 Å². The first-order valence-electron chi connectivity index (χ1n) is 13.8. The van der Waals surface area contributed by atoms with E-state index in [4.69, 9.17) is 13.9 Å². The summed E-state index contributed by atoms with van der Waals surface area (Å²) >= 11 is 1.18. The van der Waals surface area contributed by atoms with Crippen molar-refractivity contribution in [1.82, 2.24) is 4.57 Å². The zero-order chi connectivity index (χ0) is 31.0. The molecule has 5 rings (SSSR count). The van der Waals surface area contributed by atoms with E-state index in [9.17, 15) is 19.7 Å². The number of nitro benzene ring substituents is 1. The third kappa shape index (κ3) is 5.80. The van der Waals surface area contributed by atoms with Gasteiger partial charge in [-0.2, -0.15) is 0 Å². The average Bonchev–Trinajstić information content (AvgIpc) is 3.53. The van der Waals surface area contributed by atoms with Gasteiger partial charge in [-0.05, 0) is 83.0 Å². The van der Waals surface area contributed by atoms with Crippen LogP contribution in [0.5, 0.6) is 5.75 Å². The molecule has 0 spiro atoms. The molecule has 2 aromatic heterocycles. The summed E-state index contributed by atoms with van der Waals surface area (Å²) in [5.41, 5.74) is 3.06. The molecule has 0 fully saturated rings. The van der Waals surface area contributed by atoms with Crippen molar-refractivity contribution in [3.63, 3.8) is 0 Å². The van der Waals surface area contributed by atoms with Crippen LogP contribution in [0.3, 0.4) is 0 Å². The number of thiazole rings is 1. The van der Waals surface area contributed by atoms with Gasteiger partial charge in [-0.1, -0.05) is 23.5 Å². The second-order valence-corrected chi connectivity index (χ2v) is 11.4. The zero-order valence-electron chi connectivity index (χ0n) is 24.7. The van der Waals surface area contributed by atoms with Crippen molar-refractivity contribution in [2.45, 2.75) is 53.7 Å². The Morgan fingerprint density at radius 3 is 2.53 bits per heavy atom. The summed E-state index contributed by atoms with van der Waals surface area (Å²) in [6.07, 6.45) is 1.61. The molecule has 0 radical (unpaired) electrons. The topological polar surface area (TPSA) is 126 Å². The van der Waals surface area contributed by atoms with Crippen LogP contribution in [0.4, 0.5) is 5.69 Å². The highest BCUT2D eigenvalue weighted by Crippen LogP contribution is 2.33. The third-order valence-corrected chi connectivity index (χ3v) is 8.09. The summed E-state index contributed by atoms with van der Waals surface area (Å²) in [4.78, 5) is 43.2. The van der Waals surface area contributed by atoms with E-state index >= 15 is 0 Å². The van der Waals surface area contributed by atoms with Crippen molar-refractivity contribution in [1.29, 1.82) is 0 Å². The zero-order valence-corrected chi connectivity index (χ0v) is 25.5. The Bertz CT molecular complexity index is 1950. The fraction of sp³-hybridized carbons (Fsp3) is 0.281. The first-order chi connectivity index (χ1) is 20.5. The van der Waals surface area contributed by atoms with E-state index in [-0.39, 0.29) is 29.5 Å². The van der Waals surface area contributed by atoms with Gasteiger partial charge in [0, 0.05) is 23.3 Å². The smallest absolute Gasteiger partial charge is 0.338 e. The van der Waals surface area contributed by atoms with Crippen molar-refractivity contribution >= 4 is 29.1 Å². The second kappa shape index (κ2) is 11.8. The molecule has 3 heterocycles. The Hall–Kier alpha value is -4.77. The van der Waals surface area contributed by atoms with Gasteiger partial charge >= 0.3 is 5.97 Å². The van der Waals surface area contributed by atoms with Crippen molar-refractivity contribution in [2.75, 3.05) is 6.61 Å². The number of allylic oxidation sites excluding steroid dienone is 1. The fourth-order valence-electron chi connectivity index (χ4n) is 5.00. The number of nitro groups is 1. The Labute approximate surface area is 251 Å². The summed E-state index contributed by atoms with van der Waals surface area (Å²) in [5.74, 6) is 0.970. The van der Waals surface area contributed by atoms with E-state index in [2.05, 4.69) is 4.99 Å². The molecule has 1 atom stereocenters. The van der Waals surface area contributed by atoms with E-state index in [1.54, 1.807) is 39.0 Å². The number of hydrogen-bond acceptors (Lipinski definition) is 9. The van der Waals surface area contributed by atoms with Crippen LogP contribution in [0.1, 0.15) is 56.2 Å². The van der Waals surface area contributed by atoms with Gasteiger partial charge in [0.05, 0.1) is 39.5 Å². The van der Waals surface area contributed by atoms with Gasteiger partial charge in [0.1, 0.15) is 17.3 Å². The minimum atomic E-state index is -0.756. The van der Waals surface area contributed by atoms with E-state index in [1.165, 1.54) is 22.0 Å². The van der Waals surface area contributed by atoms with Crippen LogP contribution in [0, 0.1) is 24.0 Å². The van der Waals surface area contributed by atoms with Crippen LogP contribution in [0.25, 0.3) is 17.4 Å². The molecule has 1 aliphatic rings. The van der Waals surface area contributed by atoms with Gasteiger partial charge in [-0.25, -0.2) is 9.79 Å². The molecule has 222 valence electrons. The van der Waals surface area contributed by atoms with E-state index < -0.39 is 16.9 Å². The van der Waals surface area contributed by atoms with E-state index in [0.717, 1.165) is 5.56 Å². The number of esters is 1. The number of hydrogen-bond donors (Lipinski definition) is 0. The van der Waals surface area contributed by atoms with E-state index in [0.29, 0.717) is 49.0 Å². The molecule has 0 saturated carbocycles. The summed E-state index contributed by atoms with van der Waals surface area (Å²) < 4.78 is 19.0. The normalized spacial score (nSPS) is 15.0. The standard InChI is InChI=1S/C32H31N3O7S/c1-7-40-31(37)28-20(6)33-32-34(29(28)21-8-10-23(11-9-21)41-17(2)3)30(36)27(43-32)16-24-12-13-26(42-24)22-14-18(4)19(5)25(15-22)35(38)39/h8-17,29H,7H2,1-6H3/b27-16-/t29-/m0/s1. The molecular weight excluding hydrogens is 570 g/mol. The van der Waals surface area contributed by atoms with Gasteiger partial charge in [-0.15, -0.1) is 0 Å². The second-order valence-electron chi connectivity index (χ2n) is 10.4. The lowest BCUT2D eigenvalue weighted by atomic mass is 9.96. The van der Waals surface area contributed by atoms with Crippen LogP contribution < -0.4 is 19.6 Å². The van der Waals surface area contributed by atoms with Gasteiger partial charge in [0.15, 0.2) is 4.80 Å². The van der Waals surface area contributed by atoms with Crippen LogP contribution in [-0.2, 0) is 9.53 Å². The number of rotatable bonds is 8. The number of fused-ring (bicyclic) bond motifs is 1. The van der Waals surface area contributed by atoms with Gasteiger partial charge in [0.2, 0.25) is 0 Å². The summed E-state index contributed by atoms with van der Waals surface area (Å²) in [5, 5.41) is 11.5. The average molecular weight is 602 g/mol. The molecule has 0 aliphatic carbocycles. The fourth-order valence-corrected chi connectivity index (χ4v) is 6.02. The van der Waals surface area contributed by atoms with Crippen LogP contribution in [-0.4, -0.2) is 28.2 Å². The molecule has 1 aliphatic heterocycles. The maximum atomic E-state index is 13.9. The first kappa shape index (κ1) is 29.7. The largest absolute Gasteiger partial charge is 0.491 e. The Kier molecular flexibility index (Phi) is 8.19. The molecule has 0 unspecified atom stereocenters. The molecular formula is C32H31N3O7S. The maximum absolute atomic E-state index is 13.9. The number of aryl methyl sites for hydroxylation is 1. The summed E-state index contributed by atoms with van der Waals surface area (Å²) in [6.45, 7) is 11.0. The summed E-state index contributed by atoms with van der Waals surface area (Å²) in [7, 11) is 0. The minimum Gasteiger partial charge on any atom is -0.491 e. The Morgan fingerprint density at radius 2 is 1.88 bits per heavy atom. The Balaban J connectivity index is 1.60. The quantitative estimate of drug-likeness (QED) is 0.151. The van der Waals surface area contributed by atoms with Crippen LogP contribution in [0.2, 0.25) is 0 Å². The number of carbonyl (C=O) groups is 1. The highest BCUT2D eigenvalue weighted by atomic mass is 32.1. The number of carbonyl (C=O) groups excluding carboxylic acids is 1. The monoisotopic (exact) mass is 601 g/mol. The lowest BCUT2D eigenvalue weighted by Gasteiger charge is -2.25. The molecule has 0 saturated heterocycles. The van der Waals surface area contributed by atoms with Crippen molar-refractivity contribution in [3.8, 4) is 17.1 Å². The molecule has 0 amide bonds. The molecule has 2 aromatic carbocycles. The molecule has 11 heteroatoms. The number of ether oxygens (including phenoxy) is 2. The van der Waals surface area contributed by atoms with Crippen LogP contribution >= 0.6 is 11.3 Å². The lowest BCUT2D eigenvalue weighted by Crippen LogP contribution is -2.39. The number of nitrogens with zero attached hydrogens (tertiary/aromatic N) is 3. The van der Waals surface area contributed by atoms with Crippen LogP contribution in [0.15, 0.2) is 74.0 Å². The highest BCUT2D eigenvalue weighted by molar-refractivity contribution is 7.07. The minimum absolute atomic E-state index is 0.00646. The Morgan fingerprint density at radius 1 is 1.16 bits per heavy atom. The highest BCUT2D eigenvalue weighted by Gasteiger charge is 2.33. The lowest BCUT2D eigenvalue weighted by molar-refractivity contribution is -0.385. The maximum Gasteiger partial charge on any atom is 0.338 e. The third-order valence-electron chi connectivity index (χ3n) is 7.11. The molecule has 10 nitrogen and oxygen atoms in total. The first-order valence-corrected chi connectivity index (χ1v) is 14.6. The SMILES string of the molecule is CCOC(=O)C1=C(C)N=c2s/c(=C\c3ccc(-c4cc(C)c(C)c([N+](=O)[O-])c4)o3)c(=O)n2[C@H]1c1ccc(OC(C)C)cc1. The molecule has 0 N–H and O–H groups in total. The number of benzene rings is 2. The predicted octanol–water partition coefficient (Wildman–Crippen LogP) is 5.37. The van der Waals surface area contributed by atoms with Crippen molar-refractivity contribution in [2.24, 2.45) is 4.99 Å². The number of furan rings is 1. The van der Waals surface area contributed by atoms with Crippen molar-refractivity contribution in [3.05, 3.63) is 112 Å². The van der Waals surface area contributed by atoms with Gasteiger partial charge in [0.25, 0.3) is 11.2 Å². The van der Waals surface area contributed by atoms with Crippen molar-refractivity contribution < 1.29 is 23.6 Å².